The average molecular weight is 413 g/mol. The molecule has 0 spiro atoms. The van der Waals surface area contributed by atoms with Crippen LogP contribution in [0.5, 0.6) is 5.75 Å². The zero-order valence-electron chi connectivity index (χ0n) is 16.7. The van der Waals surface area contributed by atoms with Gasteiger partial charge in [0.15, 0.2) is 6.10 Å². The van der Waals surface area contributed by atoms with Crippen molar-refractivity contribution in [2.45, 2.75) is 26.0 Å². The quantitative estimate of drug-likeness (QED) is 0.471. The van der Waals surface area contributed by atoms with Crippen molar-refractivity contribution >= 4 is 23.0 Å². The summed E-state index contributed by atoms with van der Waals surface area (Å²) in [5, 5.41) is 10.2. The summed E-state index contributed by atoms with van der Waals surface area (Å²) in [5.41, 5.74) is 6.91. The van der Waals surface area contributed by atoms with Crippen LogP contribution in [0.3, 0.4) is 0 Å². The lowest BCUT2D eigenvalue weighted by Gasteiger charge is -2.38. The van der Waals surface area contributed by atoms with Gasteiger partial charge in [0.05, 0.1) is 5.70 Å². The number of benzene rings is 2. The molecule has 148 valence electrons. The monoisotopic (exact) mass is 412 g/mol. The normalized spacial score (nSPS) is 19.4. The number of hydrogen-bond donors (Lipinski definition) is 1. The van der Waals surface area contributed by atoms with Crippen molar-refractivity contribution < 1.29 is 4.74 Å². The van der Waals surface area contributed by atoms with Gasteiger partial charge in [0.2, 0.25) is 5.95 Å². The van der Waals surface area contributed by atoms with E-state index >= 15 is 0 Å². The van der Waals surface area contributed by atoms with Gasteiger partial charge in [-0.05, 0) is 43.0 Å². The van der Waals surface area contributed by atoms with E-state index in [1.54, 1.807) is 17.7 Å². The zero-order chi connectivity index (χ0) is 20.2. The van der Waals surface area contributed by atoms with Crippen molar-refractivity contribution in [3.05, 3.63) is 99.0 Å². The number of rotatable bonds is 2. The molecule has 0 saturated heterocycles. The largest absolute Gasteiger partial charge is 0.480 e. The van der Waals surface area contributed by atoms with E-state index in [4.69, 9.17) is 4.74 Å². The Morgan fingerprint density at radius 3 is 2.67 bits per heavy atom. The van der Waals surface area contributed by atoms with Crippen molar-refractivity contribution in [1.29, 1.82) is 0 Å². The molecular weight excluding hydrogens is 392 g/mol. The van der Waals surface area contributed by atoms with Crippen LogP contribution in [-0.4, -0.2) is 14.8 Å². The first-order chi connectivity index (χ1) is 14.7. The first kappa shape index (κ1) is 17.5. The molecule has 5 nitrogen and oxygen atoms in total. The van der Waals surface area contributed by atoms with Gasteiger partial charge in [0, 0.05) is 16.0 Å². The molecule has 30 heavy (non-hydrogen) atoms. The van der Waals surface area contributed by atoms with Crippen molar-refractivity contribution in [3.8, 4) is 5.75 Å². The van der Waals surface area contributed by atoms with E-state index in [2.05, 4.69) is 89.2 Å². The number of fused-ring (bicyclic) bond motifs is 3. The Kier molecular flexibility index (Phi) is 3.83. The number of nitrogens with one attached hydrogen (secondary N) is 1. The van der Waals surface area contributed by atoms with E-state index in [9.17, 15) is 0 Å². The lowest BCUT2D eigenvalue weighted by atomic mass is 9.86. The number of ether oxygens (including phenoxy) is 1. The second kappa shape index (κ2) is 6.57. The highest BCUT2D eigenvalue weighted by molar-refractivity contribution is 7.10. The molecule has 2 atom stereocenters. The van der Waals surface area contributed by atoms with Gasteiger partial charge in [0.1, 0.15) is 18.1 Å². The minimum Gasteiger partial charge on any atom is -0.480 e. The number of hydrogen-bond acceptors (Lipinski definition) is 5. The average Bonchev–Trinajstić information content (AvgIpc) is 3.44. The molecule has 2 aromatic carbocycles. The number of thiophene rings is 1. The van der Waals surface area contributed by atoms with Gasteiger partial charge in [-0.25, -0.2) is 4.68 Å². The second-order valence-electron chi connectivity index (χ2n) is 7.81. The van der Waals surface area contributed by atoms with Gasteiger partial charge in [-0.3, -0.25) is 0 Å². The van der Waals surface area contributed by atoms with E-state index in [-0.39, 0.29) is 12.1 Å². The third-order valence-corrected chi connectivity index (χ3v) is 6.68. The number of aryl methyl sites for hydroxylation is 2. The van der Waals surface area contributed by atoms with Gasteiger partial charge in [-0.15, -0.1) is 11.3 Å². The van der Waals surface area contributed by atoms with Crippen LogP contribution in [0.2, 0.25) is 0 Å². The molecule has 4 heterocycles. The highest BCUT2D eigenvalue weighted by Gasteiger charge is 2.41. The molecule has 2 aliphatic rings. The van der Waals surface area contributed by atoms with Crippen LogP contribution >= 0.6 is 11.3 Å². The third kappa shape index (κ3) is 2.60. The van der Waals surface area contributed by atoms with Gasteiger partial charge >= 0.3 is 0 Å². The van der Waals surface area contributed by atoms with Crippen LogP contribution in [0.1, 0.15) is 39.3 Å². The molecule has 0 aliphatic carbocycles. The summed E-state index contributed by atoms with van der Waals surface area (Å²) in [5.74, 6) is 1.64. The summed E-state index contributed by atoms with van der Waals surface area (Å²) < 4.78 is 8.59. The smallest absolute Gasteiger partial charge is 0.226 e. The summed E-state index contributed by atoms with van der Waals surface area (Å²) in [6.07, 6.45) is 1.42. The molecule has 0 bridgehead atoms. The Morgan fingerprint density at radius 2 is 1.87 bits per heavy atom. The van der Waals surface area contributed by atoms with Gasteiger partial charge in [0.25, 0.3) is 0 Å². The van der Waals surface area contributed by atoms with Crippen LogP contribution in [0.25, 0.3) is 5.70 Å². The topological polar surface area (TPSA) is 52.0 Å². The molecule has 0 amide bonds. The van der Waals surface area contributed by atoms with E-state index in [0.717, 1.165) is 28.5 Å². The van der Waals surface area contributed by atoms with Gasteiger partial charge in [-0.2, -0.15) is 10.1 Å². The number of anilines is 1. The van der Waals surface area contributed by atoms with Gasteiger partial charge in [-0.1, -0.05) is 47.5 Å². The maximum Gasteiger partial charge on any atom is 0.226 e. The first-order valence-corrected chi connectivity index (χ1v) is 10.9. The Hall–Kier alpha value is -3.38. The van der Waals surface area contributed by atoms with Crippen molar-refractivity contribution in [1.82, 2.24) is 14.8 Å². The maximum absolute atomic E-state index is 6.62. The molecule has 1 N–H and O–H groups in total. The molecule has 6 rings (SSSR count). The zero-order valence-corrected chi connectivity index (χ0v) is 17.5. The fourth-order valence-corrected chi connectivity index (χ4v) is 5.10. The SMILES string of the molecule is Cc1ccc([C@H]2C3=C(Nc4ncnn42)c2cc(C)ccc2O[C@H]3c2cccs2)cc1. The summed E-state index contributed by atoms with van der Waals surface area (Å²) in [7, 11) is 0. The fraction of sp³-hybridized carbons (Fsp3) is 0.167. The molecule has 2 aliphatic heterocycles. The molecular formula is C24H20N4OS. The van der Waals surface area contributed by atoms with E-state index < -0.39 is 0 Å². The minimum absolute atomic E-state index is 0.0971. The minimum atomic E-state index is -0.189. The standard InChI is InChI=1S/C24H20N4OS/c1-14-5-8-16(9-6-14)22-20-21(27-24-25-13-26-28(22)24)17-12-15(2)7-10-18(17)29-23(20)19-4-3-11-30-19/h3-13,22-23H,1-2H3,(H,25,26,27)/t22-,23-/m0/s1. The van der Waals surface area contributed by atoms with E-state index in [1.807, 2.05) is 4.68 Å². The van der Waals surface area contributed by atoms with Crippen LogP contribution in [0.4, 0.5) is 5.95 Å². The summed E-state index contributed by atoms with van der Waals surface area (Å²) in [6, 6.07) is 19.1. The maximum atomic E-state index is 6.62. The highest BCUT2D eigenvalue weighted by Crippen LogP contribution is 2.51. The van der Waals surface area contributed by atoms with Crippen LogP contribution in [0.15, 0.2) is 71.9 Å². The highest BCUT2D eigenvalue weighted by atomic mass is 32.1. The predicted molar refractivity (Wildman–Crippen MR) is 119 cm³/mol. The van der Waals surface area contributed by atoms with E-state index in [1.165, 1.54) is 21.6 Å². The van der Waals surface area contributed by atoms with E-state index in [0.29, 0.717) is 0 Å². The molecule has 6 heteroatoms. The Bertz CT molecular complexity index is 1270. The Morgan fingerprint density at radius 1 is 1.03 bits per heavy atom. The molecule has 2 aromatic heterocycles. The van der Waals surface area contributed by atoms with Crippen LogP contribution in [0, 0.1) is 13.8 Å². The van der Waals surface area contributed by atoms with Crippen molar-refractivity contribution in [2.75, 3.05) is 5.32 Å². The fourth-order valence-electron chi connectivity index (χ4n) is 4.33. The first-order valence-electron chi connectivity index (χ1n) is 9.97. The second-order valence-corrected chi connectivity index (χ2v) is 8.79. The lowest BCUT2D eigenvalue weighted by Crippen LogP contribution is -2.32. The van der Waals surface area contributed by atoms with Crippen molar-refractivity contribution in [2.24, 2.45) is 0 Å². The Labute approximate surface area is 178 Å². The molecule has 0 fully saturated rings. The molecule has 0 radical (unpaired) electrons. The van der Waals surface area contributed by atoms with Crippen molar-refractivity contribution in [3.63, 3.8) is 0 Å². The Balaban J connectivity index is 1.64. The lowest BCUT2D eigenvalue weighted by molar-refractivity contribution is 0.226. The third-order valence-electron chi connectivity index (χ3n) is 5.76. The summed E-state index contributed by atoms with van der Waals surface area (Å²) in [6.45, 7) is 4.21. The molecule has 4 aromatic rings. The number of aromatic nitrogens is 3. The van der Waals surface area contributed by atoms with Crippen LogP contribution < -0.4 is 10.1 Å². The summed E-state index contributed by atoms with van der Waals surface area (Å²) in [4.78, 5) is 5.67. The number of nitrogens with zero attached hydrogens (tertiary/aromatic N) is 3. The molecule has 0 unspecified atom stereocenters. The van der Waals surface area contributed by atoms with Crippen LogP contribution in [-0.2, 0) is 0 Å². The molecule has 0 saturated carbocycles. The van der Waals surface area contributed by atoms with Gasteiger partial charge < -0.3 is 10.1 Å². The summed E-state index contributed by atoms with van der Waals surface area (Å²) >= 11 is 1.71. The predicted octanol–water partition coefficient (Wildman–Crippen LogP) is 5.52.